The van der Waals surface area contributed by atoms with Gasteiger partial charge in [0.1, 0.15) is 0 Å². The van der Waals surface area contributed by atoms with E-state index in [0.717, 1.165) is 36.8 Å². The fourth-order valence-electron chi connectivity index (χ4n) is 7.19. The molecule has 0 N–H and O–H groups in total. The van der Waals surface area contributed by atoms with Crippen molar-refractivity contribution in [3.05, 3.63) is 83.6 Å². The van der Waals surface area contributed by atoms with Gasteiger partial charge in [0.05, 0.1) is 5.41 Å². The summed E-state index contributed by atoms with van der Waals surface area (Å²) in [7, 11) is 0. The molecule has 2 saturated heterocycles. The molecule has 2 aliphatic carbocycles. The van der Waals surface area contributed by atoms with Crippen LogP contribution in [0.5, 0.6) is 0 Å². The molecule has 3 heterocycles. The average Bonchev–Trinajstić information content (AvgIpc) is 3.16. The number of hydrogen-bond donors (Lipinski definition) is 0. The van der Waals surface area contributed by atoms with Crippen LogP contribution in [0.1, 0.15) is 61.4 Å². The lowest BCUT2D eigenvalue weighted by Crippen LogP contribution is -2.42. The largest absolute Gasteiger partial charge is 0.424 e. The van der Waals surface area contributed by atoms with E-state index in [1.807, 2.05) is 6.92 Å². The zero-order valence-electron chi connectivity index (χ0n) is 19.4. The van der Waals surface area contributed by atoms with Crippen molar-refractivity contribution in [2.24, 2.45) is 17.8 Å². The van der Waals surface area contributed by atoms with Crippen LogP contribution in [-0.2, 0) is 5.41 Å². The van der Waals surface area contributed by atoms with Crippen LogP contribution in [0.25, 0.3) is 0 Å². The summed E-state index contributed by atoms with van der Waals surface area (Å²) in [6.07, 6.45) is 8.14. The highest BCUT2D eigenvalue weighted by Crippen LogP contribution is 2.48. The van der Waals surface area contributed by atoms with Gasteiger partial charge in [-0.25, -0.2) is 0 Å². The first kappa shape index (κ1) is 22.6. The highest BCUT2D eigenvalue weighted by molar-refractivity contribution is 5.85. The van der Waals surface area contributed by atoms with Crippen molar-refractivity contribution in [3.8, 4) is 0 Å². The van der Waals surface area contributed by atoms with Gasteiger partial charge in [0.25, 0.3) is 0 Å². The molecule has 0 amide bonds. The fraction of sp³-hybridized carbons (Fsp3) is 0.500. The first-order valence-corrected chi connectivity index (χ1v) is 12.4. The number of halogens is 1. The number of hydrogen-bond acceptors (Lipinski definition) is 4. The molecule has 2 saturated carbocycles. The summed E-state index contributed by atoms with van der Waals surface area (Å²) in [4.78, 5) is 2.83. The Balaban J connectivity index is 0.00000228. The summed E-state index contributed by atoms with van der Waals surface area (Å²) in [6.45, 7) is 4.22. The van der Waals surface area contributed by atoms with Crippen LogP contribution in [0.4, 0.5) is 0 Å². The summed E-state index contributed by atoms with van der Waals surface area (Å²) < 4.78 is 6.19. The Bertz CT molecular complexity index is 1000. The van der Waals surface area contributed by atoms with E-state index in [1.165, 1.54) is 49.8 Å². The maximum atomic E-state index is 6.19. The van der Waals surface area contributed by atoms with Gasteiger partial charge in [0.2, 0.25) is 11.8 Å². The van der Waals surface area contributed by atoms with Gasteiger partial charge in [0.15, 0.2) is 0 Å². The Labute approximate surface area is 203 Å². The van der Waals surface area contributed by atoms with Crippen LogP contribution in [-0.4, -0.2) is 34.2 Å². The number of nitrogens with zero attached hydrogens (tertiary/aromatic N) is 3. The maximum Gasteiger partial charge on any atom is 0.231 e. The SMILES string of the molecule is Cc1nnc(C(CCN2CC3CC4CC(C3)CC2C4)(c2ccccc2)c2ccccc2)o1.Cl. The molecule has 2 aliphatic heterocycles. The van der Waals surface area contributed by atoms with E-state index in [1.54, 1.807) is 0 Å². The van der Waals surface area contributed by atoms with E-state index >= 15 is 0 Å². The Morgan fingerprint density at radius 2 is 1.39 bits per heavy atom. The molecule has 4 fully saturated rings. The first-order chi connectivity index (χ1) is 15.7. The van der Waals surface area contributed by atoms with E-state index < -0.39 is 5.41 Å². The van der Waals surface area contributed by atoms with Crippen LogP contribution in [0, 0.1) is 24.7 Å². The third-order valence-electron chi connectivity index (χ3n) is 8.42. The van der Waals surface area contributed by atoms with Crippen molar-refractivity contribution in [1.82, 2.24) is 15.1 Å². The summed E-state index contributed by atoms with van der Waals surface area (Å²) in [5.41, 5.74) is 2.03. The first-order valence-electron chi connectivity index (χ1n) is 12.4. The van der Waals surface area contributed by atoms with Gasteiger partial charge in [-0.15, -0.1) is 22.6 Å². The Morgan fingerprint density at radius 3 is 1.94 bits per heavy atom. The third-order valence-corrected chi connectivity index (χ3v) is 8.42. The molecule has 0 spiro atoms. The van der Waals surface area contributed by atoms with Crippen molar-refractivity contribution >= 4 is 12.4 Å². The third kappa shape index (κ3) is 4.13. The standard InChI is InChI=1S/C28H33N3O.ClH/c1-20-29-30-27(32-20)28(24-8-4-2-5-9-24,25-10-6-3-7-11-25)12-13-31-19-23-15-21-14-22(16-23)18-26(31)17-21;/h2-11,21-23,26H,12-19H2,1H3;1H. The second kappa shape index (κ2) is 9.23. The number of aryl methyl sites for hydroxylation is 1. The zero-order chi connectivity index (χ0) is 21.5. The molecule has 2 unspecified atom stereocenters. The lowest BCUT2D eigenvalue weighted by Gasteiger charge is -2.40. The quantitative estimate of drug-likeness (QED) is 0.447. The van der Waals surface area contributed by atoms with E-state index in [9.17, 15) is 0 Å². The molecule has 4 nitrogen and oxygen atoms in total. The summed E-state index contributed by atoms with van der Waals surface area (Å²) >= 11 is 0. The summed E-state index contributed by atoms with van der Waals surface area (Å²) in [5, 5.41) is 8.86. The predicted octanol–water partition coefficient (Wildman–Crippen LogP) is 6.03. The van der Waals surface area contributed by atoms with Gasteiger partial charge in [0, 0.05) is 26.1 Å². The fourth-order valence-corrected chi connectivity index (χ4v) is 7.19. The van der Waals surface area contributed by atoms with Gasteiger partial charge in [-0.2, -0.15) is 0 Å². The van der Waals surface area contributed by atoms with E-state index in [-0.39, 0.29) is 12.4 Å². The van der Waals surface area contributed by atoms with E-state index in [4.69, 9.17) is 4.42 Å². The van der Waals surface area contributed by atoms with Gasteiger partial charge in [-0.05, 0) is 67.4 Å². The van der Waals surface area contributed by atoms with Crippen molar-refractivity contribution in [2.75, 3.05) is 13.1 Å². The minimum atomic E-state index is -0.437. The number of aromatic nitrogens is 2. The molecular weight excluding hydrogens is 430 g/mol. The molecule has 4 bridgehead atoms. The predicted molar refractivity (Wildman–Crippen MR) is 133 cm³/mol. The van der Waals surface area contributed by atoms with Gasteiger partial charge >= 0.3 is 0 Å². The maximum absolute atomic E-state index is 6.19. The highest BCUT2D eigenvalue weighted by Gasteiger charge is 2.45. The van der Waals surface area contributed by atoms with Crippen molar-refractivity contribution in [3.63, 3.8) is 0 Å². The van der Waals surface area contributed by atoms with Gasteiger partial charge < -0.3 is 9.32 Å². The van der Waals surface area contributed by atoms with Crippen LogP contribution < -0.4 is 0 Å². The second-order valence-corrected chi connectivity index (χ2v) is 10.4. The Kier molecular flexibility index (Phi) is 6.32. The second-order valence-electron chi connectivity index (χ2n) is 10.4. The van der Waals surface area contributed by atoms with Crippen molar-refractivity contribution in [1.29, 1.82) is 0 Å². The molecule has 4 aliphatic rings. The summed E-state index contributed by atoms with van der Waals surface area (Å²) in [5.74, 6) is 4.16. The van der Waals surface area contributed by atoms with E-state index in [0.29, 0.717) is 11.8 Å². The molecule has 7 rings (SSSR count). The van der Waals surface area contributed by atoms with Gasteiger partial charge in [-0.1, -0.05) is 60.7 Å². The van der Waals surface area contributed by atoms with Crippen LogP contribution in [0.15, 0.2) is 65.1 Å². The molecule has 1 aromatic heterocycles. The zero-order valence-corrected chi connectivity index (χ0v) is 20.2. The topological polar surface area (TPSA) is 42.2 Å². The number of rotatable bonds is 6. The van der Waals surface area contributed by atoms with Crippen molar-refractivity contribution in [2.45, 2.75) is 56.9 Å². The molecule has 0 radical (unpaired) electrons. The lowest BCUT2D eigenvalue weighted by atomic mass is 9.68. The van der Waals surface area contributed by atoms with Crippen molar-refractivity contribution < 1.29 is 4.42 Å². The Hall–Kier alpha value is -2.17. The van der Waals surface area contributed by atoms with Crippen LogP contribution in [0.2, 0.25) is 0 Å². The van der Waals surface area contributed by atoms with Crippen LogP contribution >= 0.6 is 12.4 Å². The highest BCUT2D eigenvalue weighted by atomic mass is 35.5. The molecule has 2 aromatic carbocycles. The lowest BCUT2D eigenvalue weighted by molar-refractivity contribution is 0.121. The molecule has 5 heteroatoms. The minimum Gasteiger partial charge on any atom is -0.424 e. The average molecular weight is 464 g/mol. The smallest absolute Gasteiger partial charge is 0.231 e. The van der Waals surface area contributed by atoms with Crippen LogP contribution in [0.3, 0.4) is 0 Å². The molecule has 33 heavy (non-hydrogen) atoms. The van der Waals surface area contributed by atoms with E-state index in [2.05, 4.69) is 75.8 Å². The van der Waals surface area contributed by atoms with Gasteiger partial charge in [-0.3, -0.25) is 0 Å². The normalized spacial score (nSPS) is 26.7. The number of benzene rings is 2. The summed E-state index contributed by atoms with van der Waals surface area (Å²) in [6, 6.07) is 22.3. The molecule has 174 valence electrons. The number of fused-ring (bicyclic) bond motifs is 1. The Morgan fingerprint density at radius 1 is 0.818 bits per heavy atom. The molecule has 3 aromatic rings. The molecular formula is C28H34ClN3O. The molecule has 2 atom stereocenters. The minimum absolute atomic E-state index is 0. The monoisotopic (exact) mass is 463 g/mol.